The zero-order valence-corrected chi connectivity index (χ0v) is 16.2. The number of rotatable bonds is 6. The van der Waals surface area contributed by atoms with E-state index in [0.717, 1.165) is 23.3 Å². The van der Waals surface area contributed by atoms with Crippen molar-refractivity contribution < 1.29 is 19.4 Å². The quantitative estimate of drug-likeness (QED) is 0.503. The minimum absolute atomic E-state index is 0.00758. The van der Waals surface area contributed by atoms with Gasteiger partial charge in [-0.15, -0.1) is 0 Å². The highest BCUT2D eigenvalue weighted by Crippen LogP contribution is 2.35. The lowest BCUT2D eigenvalue weighted by atomic mass is 9.76. The third-order valence-electron chi connectivity index (χ3n) is 5.97. The number of benzene rings is 1. The number of ether oxygens (including phenoxy) is 2. The van der Waals surface area contributed by atoms with E-state index in [4.69, 9.17) is 20.9 Å². The summed E-state index contributed by atoms with van der Waals surface area (Å²) in [4.78, 5) is 16.5. The van der Waals surface area contributed by atoms with Crippen LogP contribution in [-0.2, 0) is 16.0 Å². The number of fused-ring (bicyclic) bond motifs is 1. The number of carbonyl (C=O) groups is 1. The van der Waals surface area contributed by atoms with Crippen LogP contribution < -0.4 is 16.2 Å². The number of carbonyl (C=O) groups excluding carboxylic acids is 1. The molecule has 1 aliphatic carbocycles. The first-order valence-corrected chi connectivity index (χ1v) is 9.32. The van der Waals surface area contributed by atoms with Crippen molar-refractivity contribution in [3.05, 3.63) is 29.3 Å². The van der Waals surface area contributed by atoms with Crippen molar-refractivity contribution in [3.8, 4) is 5.75 Å². The van der Waals surface area contributed by atoms with Gasteiger partial charge in [-0.2, -0.15) is 0 Å². The fourth-order valence-electron chi connectivity index (χ4n) is 3.78. The van der Waals surface area contributed by atoms with Crippen molar-refractivity contribution in [3.63, 3.8) is 0 Å². The van der Waals surface area contributed by atoms with Crippen molar-refractivity contribution in [1.29, 1.82) is 0 Å². The van der Waals surface area contributed by atoms with E-state index >= 15 is 0 Å². The van der Waals surface area contributed by atoms with E-state index in [2.05, 4.69) is 4.99 Å². The molecule has 0 aromatic heterocycles. The van der Waals surface area contributed by atoms with Crippen LogP contribution in [0.2, 0.25) is 0 Å². The molecule has 1 aromatic rings. The van der Waals surface area contributed by atoms with Crippen LogP contribution in [0, 0.1) is 0 Å². The third kappa shape index (κ3) is 3.72. The molecule has 7 heteroatoms. The Morgan fingerprint density at radius 2 is 2.19 bits per heavy atom. The summed E-state index contributed by atoms with van der Waals surface area (Å²) in [5.41, 5.74) is 11.8. The largest absolute Gasteiger partial charge is 0.487 e. The minimum atomic E-state index is -0.957. The molecule has 2 atom stereocenters. The van der Waals surface area contributed by atoms with Gasteiger partial charge in [-0.25, -0.2) is 0 Å². The Morgan fingerprint density at radius 3 is 2.78 bits per heavy atom. The predicted molar refractivity (Wildman–Crippen MR) is 103 cm³/mol. The summed E-state index contributed by atoms with van der Waals surface area (Å²) >= 11 is 0. The molecule has 1 heterocycles. The Kier molecular flexibility index (Phi) is 5.29. The van der Waals surface area contributed by atoms with E-state index in [1.54, 1.807) is 6.92 Å². The van der Waals surface area contributed by atoms with Crippen molar-refractivity contribution in [1.82, 2.24) is 0 Å². The SMILES string of the molecule is CO[C@](C)(C(C)=O)[C@H]1CCc2cc(C(N)=NC3CC(O)(CN)C3)ccc2O1. The lowest BCUT2D eigenvalue weighted by molar-refractivity contribution is -0.149. The molecule has 0 bridgehead atoms. The number of amidine groups is 1. The lowest BCUT2D eigenvalue weighted by Crippen LogP contribution is -2.52. The molecule has 2 aliphatic rings. The molecule has 0 saturated heterocycles. The number of nitrogens with zero attached hydrogens (tertiary/aromatic N) is 1. The van der Waals surface area contributed by atoms with E-state index in [1.165, 1.54) is 14.0 Å². The molecule has 27 heavy (non-hydrogen) atoms. The average molecular weight is 375 g/mol. The van der Waals surface area contributed by atoms with Crippen LogP contribution in [0.4, 0.5) is 0 Å². The Labute approximate surface area is 159 Å². The van der Waals surface area contributed by atoms with Gasteiger partial charge in [0.05, 0.1) is 11.6 Å². The topological polar surface area (TPSA) is 120 Å². The van der Waals surface area contributed by atoms with E-state index in [9.17, 15) is 9.90 Å². The van der Waals surface area contributed by atoms with Crippen LogP contribution in [0.15, 0.2) is 23.2 Å². The number of ketones is 1. The van der Waals surface area contributed by atoms with Gasteiger partial charge in [0.2, 0.25) is 0 Å². The number of aliphatic hydroxyl groups is 1. The molecular weight excluding hydrogens is 346 g/mol. The van der Waals surface area contributed by atoms with Gasteiger partial charge in [0.25, 0.3) is 0 Å². The van der Waals surface area contributed by atoms with Gasteiger partial charge in [-0.1, -0.05) is 0 Å². The molecule has 7 nitrogen and oxygen atoms in total. The molecule has 1 fully saturated rings. The Bertz CT molecular complexity index is 758. The van der Waals surface area contributed by atoms with E-state index in [0.29, 0.717) is 25.1 Å². The number of nitrogens with two attached hydrogens (primary N) is 2. The number of hydrogen-bond donors (Lipinski definition) is 3. The van der Waals surface area contributed by atoms with E-state index in [-0.39, 0.29) is 24.5 Å². The molecule has 0 unspecified atom stereocenters. The van der Waals surface area contributed by atoms with E-state index < -0.39 is 11.2 Å². The molecule has 0 amide bonds. The van der Waals surface area contributed by atoms with E-state index in [1.807, 2.05) is 18.2 Å². The minimum Gasteiger partial charge on any atom is -0.487 e. The monoisotopic (exact) mass is 375 g/mol. The molecule has 148 valence electrons. The van der Waals surface area contributed by atoms with Crippen LogP contribution >= 0.6 is 0 Å². The first kappa shape index (κ1) is 19.8. The Balaban J connectivity index is 1.73. The number of aliphatic imine (C=N–C) groups is 1. The summed E-state index contributed by atoms with van der Waals surface area (Å²) in [7, 11) is 1.53. The zero-order valence-electron chi connectivity index (χ0n) is 16.2. The van der Waals surface area contributed by atoms with Gasteiger partial charge in [-0.3, -0.25) is 9.79 Å². The Morgan fingerprint density at radius 1 is 1.48 bits per heavy atom. The lowest BCUT2D eigenvalue weighted by Gasteiger charge is -2.40. The maximum absolute atomic E-state index is 12.0. The predicted octanol–water partition coefficient (Wildman–Crippen LogP) is 0.932. The average Bonchev–Trinajstić information content (AvgIpc) is 2.64. The fraction of sp³-hybridized carbons (Fsp3) is 0.600. The number of hydrogen-bond acceptors (Lipinski definition) is 6. The molecular formula is C20H29N3O4. The van der Waals surface area contributed by atoms with Crippen LogP contribution in [0.25, 0.3) is 0 Å². The van der Waals surface area contributed by atoms with Crippen LogP contribution in [0.5, 0.6) is 5.75 Å². The first-order chi connectivity index (χ1) is 12.7. The summed E-state index contributed by atoms with van der Waals surface area (Å²) in [5.74, 6) is 1.15. The summed E-state index contributed by atoms with van der Waals surface area (Å²) in [5, 5.41) is 9.99. The van der Waals surface area contributed by atoms with Gasteiger partial charge in [0.15, 0.2) is 11.4 Å². The van der Waals surface area contributed by atoms with Gasteiger partial charge >= 0.3 is 0 Å². The highest BCUT2D eigenvalue weighted by molar-refractivity contribution is 5.98. The molecule has 3 rings (SSSR count). The second-order valence-electron chi connectivity index (χ2n) is 7.84. The highest BCUT2D eigenvalue weighted by Gasteiger charge is 2.43. The molecule has 1 saturated carbocycles. The Hall–Kier alpha value is -1.96. The van der Waals surface area contributed by atoms with Gasteiger partial charge in [-0.05, 0) is 63.3 Å². The molecule has 0 radical (unpaired) electrons. The van der Waals surface area contributed by atoms with Crippen LogP contribution in [-0.4, -0.2) is 53.7 Å². The van der Waals surface area contributed by atoms with Crippen molar-refractivity contribution in [2.24, 2.45) is 16.5 Å². The summed E-state index contributed by atoms with van der Waals surface area (Å²) in [6.45, 7) is 3.54. The highest BCUT2D eigenvalue weighted by atomic mass is 16.5. The van der Waals surface area contributed by atoms with Crippen molar-refractivity contribution in [2.45, 2.75) is 62.9 Å². The normalized spacial score (nSPS) is 29.9. The zero-order chi connectivity index (χ0) is 19.8. The second kappa shape index (κ2) is 7.22. The van der Waals surface area contributed by atoms with Crippen molar-refractivity contribution in [2.75, 3.05) is 13.7 Å². The molecule has 0 spiro atoms. The van der Waals surface area contributed by atoms with Gasteiger partial charge < -0.3 is 26.0 Å². The summed E-state index contributed by atoms with van der Waals surface area (Å²) in [6.07, 6.45) is 2.21. The number of methoxy groups -OCH3 is 1. The summed E-state index contributed by atoms with van der Waals surface area (Å²) in [6, 6.07) is 5.72. The van der Waals surface area contributed by atoms with Gasteiger partial charge in [0, 0.05) is 19.2 Å². The fourth-order valence-corrected chi connectivity index (χ4v) is 3.78. The summed E-state index contributed by atoms with van der Waals surface area (Å²) < 4.78 is 11.5. The third-order valence-corrected chi connectivity index (χ3v) is 5.97. The first-order valence-electron chi connectivity index (χ1n) is 9.32. The standard InChI is InChI=1S/C20H29N3O4/c1-12(24)19(2,26-3)17-7-5-13-8-14(4-6-16(13)27-17)18(22)23-15-9-20(25,10-15)11-21/h4,6,8,15,17,25H,5,7,9-11,21H2,1-3H3,(H2,22,23)/t15?,17-,19-,20?/m1/s1. The maximum atomic E-state index is 12.0. The molecule has 1 aliphatic heterocycles. The maximum Gasteiger partial charge on any atom is 0.165 e. The smallest absolute Gasteiger partial charge is 0.165 e. The number of Topliss-reactive ketones (excluding diaryl/α,β-unsaturated/α-hetero) is 1. The second-order valence-corrected chi connectivity index (χ2v) is 7.84. The van der Waals surface area contributed by atoms with Crippen molar-refractivity contribution >= 4 is 11.6 Å². The molecule has 5 N–H and O–H groups in total. The van der Waals surface area contributed by atoms with Crippen LogP contribution in [0.3, 0.4) is 0 Å². The van der Waals surface area contributed by atoms with Gasteiger partial charge in [0.1, 0.15) is 17.7 Å². The molecule has 1 aromatic carbocycles. The van der Waals surface area contributed by atoms with Crippen LogP contribution in [0.1, 0.15) is 44.2 Å². The number of aryl methyl sites for hydroxylation is 1.